The topological polar surface area (TPSA) is 83.5 Å². The zero-order valence-corrected chi connectivity index (χ0v) is 13.1. The maximum Gasteiger partial charge on any atom is 0.253 e. The number of hydrogen-bond donors (Lipinski definition) is 2. The molecule has 0 aliphatic heterocycles. The third kappa shape index (κ3) is 2.75. The molecule has 0 aromatic heterocycles. The molecule has 2 N–H and O–H groups in total. The highest BCUT2D eigenvalue weighted by Crippen LogP contribution is 2.32. The predicted molar refractivity (Wildman–Crippen MR) is 81.3 cm³/mol. The van der Waals surface area contributed by atoms with Gasteiger partial charge in [0.05, 0.1) is 15.2 Å². The first-order chi connectivity index (χ1) is 10.3. The van der Waals surface area contributed by atoms with Gasteiger partial charge < -0.3 is 0 Å². The Bertz CT molecular complexity index is 783. The zero-order valence-electron chi connectivity index (χ0n) is 12.3. The van der Waals surface area contributed by atoms with E-state index in [4.69, 9.17) is 5.21 Å². The number of carbonyl (C=O) groups excluding carboxylic acids is 1. The predicted octanol–water partition coefficient (Wildman–Crippen LogP) is 2.30. The molecule has 116 valence electrons. The number of hydrogen-bond acceptors (Lipinski definition) is 4. The lowest BCUT2D eigenvalue weighted by Gasteiger charge is -2.25. The standard InChI is InChI=1S/C16H17NO4S/c1-16(2,15(18)17-19)13-10-6-7-11-14(13)22(20,21)12-8-4-3-5-9-12/h3-11,19H,1-2H3,(H,17,18). The molecule has 0 heterocycles. The Morgan fingerprint density at radius 3 is 2.14 bits per heavy atom. The highest BCUT2D eigenvalue weighted by molar-refractivity contribution is 7.91. The Hall–Kier alpha value is -2.18. The lowest BCUT2D eigenvalue weighted by molar-refractivity contribution is -0.134. The van der Waals surface area contributed by atoms with E-state index in [-0.39, 0.29) is 9.79 Å². The van der Waals surface area contributed by atoms with Crippen molar-refractivity contribution >= 4 is 15.7 Å². The molecule has 6 heteroatoms. The molecule has 0 saturated heterocycles. The van der Waals surface area contributed by atoms with Crippen LogP contribution in [0.25, 0.3) is 0 Å². The number of rotatable bonds is 4. The normalized spacial score (nSPS) is 12.0. The van der Waals surface area contributed by atoms with E-state index in [0.29, 0.717) is 5.56 Å². The SMILES string of the molecule is CC(C)(C(=O)NO)c1ccccc1S(=O)(=O)c1ccccc1. The van der Waals surface area contributed by atoms with Gasteiger partial charge in [0.1, 0.15) is 0 Å². The number of carbonyl (C=O) groups is 1. The van der Waals surface area contributed by atoms with Crippen LogP contribution in [-0.2, 0) is 20.0 Å². The maximum atomic E-state index is 12.8. The molecule has 2 aromatic carbocycles. The Balaban J connectivity index is 2.67. The van der Waals surface area contributed by atoms with Gasteiger partial charge in [-0.15, -0.1) is 0 Å². The van der Waals surface area contributed by atoms with Gasteiger partial charge in [0.25, 0.3) is 5.91 Å². The minimum Gasteiger partial charge on any atom is -0.289 e. The van der Waals surface area contributed by atoms with Crippen LogP contribution in [-0.4, -0.2) is 19.5 Å². The van der Waals surface area contributed by atoms with Crippen molar-refractivity contribution < 1.29 is 18.4 Å². The maximum absolute atomic E-state index is 12.8. The van der Waals surface area contributed by atoms with Crippen molar-refractivity contribution in [3.05, 3.63) is 60.2 Å². The Kier molecular flexibility index (Phi) is 4.35. The van der Waals surface area contributed by atoms with Crippen LogP contribution in [0.3, 0.4) is 0 Å². The van der Waals surface area contributed by atoms with Gasteiger partial charge in [-0.05, 0) is 37.6 Å². The van der Waals surface area contributed by atoms with Crippen molar-refractivity contribution in [3.8, 4) is 0 Å². The number of hydroxylamine groups is 1. The molecule has 0 atom stereocenters. The van der Waals surface area contributed by atoms with Crippen LogP contribution in [0.15, 0.2) is 64.4 Å². The quantitative estimate of drug-likeness (QED) is 0.669. The van der Waals surface area contributed by atoms with E-state index in [1.54, 1.807) is 55.7 Å². The van der Waals surface area contributed by atoms with E-state index in [1.807, 2.05) is 0 Å². The Labute approximate surface area is 129 Å². The van der Waals surface area contributed by atoms with Crippen LogP contribution in [0.4, 0.5) is 0 Å². The van der Waals surface area contributed by atoms with Gasteiger partial charge in [-0.25, -0.2) is 13.9 Å². The molecular weight excluding hydrogens is 302 g/mol. The number of amides is 1. The van der Waals surface area contributed by atoms with E-state index in [0.717, 1.165) is 0 Å². The van der Waals surface area contributed by atoms with Crippen molar-refractivity contribution in [2.24, 2.45) is 0 Å². The average molecular weight is 319 g/mol. The van der Waals surface area contributed by atoms with Crippen LogP contribution >= 0.6 is 0 Å². The largest absolute Gasteiger partial charge is 0.289 e. The third-order valence-electron chi connectivity index (χ3n) is 3.57. The number of nitrogens with one attached hydrogen (secondary N) is 1. The summed E-state index contributed by atoms with van der Waals surface area (Å²) in [6.07, 6.45) is 0. The summed E-state index contributed by atoms with van der Waals surface area (Å²) in [6, 6.07) is 14.3. The fraction of sp³-hybridized carbons (Fsp3) is 0.188. The van der Waals surface area contributed by atoms with E-state index >= 15 is 0 Å². The molecule has 0 spiro atoms. The highest BCUT2D eigenvalue weighted by Gasteiger charge is 2.35. The third-order valence-corrected chi connectivity index (χ3v) is 5.40. The van der Waals surface area contributed by atoms with Gasteiger partial charge >= 0.3 is 0 Å². The van der Waals surface area contributed by atoms with Gasteiger partial charge in [0.15, 0.2) is 0 Å². The molecule has 1 amide bonds. The first-order valence-electron chi connectivity index (χ1n) is 6.66. The van der Waals surface area contributed by atoms with Crippen LogP contribution in [0.2, 0.25) is 0 Å². The van der Waals surface area contributed by atoms with Gasteiger partial charge in [-0.3, -0.25) is 10.0 Å². The smallest absolute Gasteiger partial charge is 0.253 e. The second kappa shape index (κ2) is 5.90. The summed E-state index contributed by atoms with van der Waals surface area (Å²) in [6.45, 7) is 3.11. The summed E-state index contributed by atoms with van der Waals surface area (Å²) in [5.41, 5.74) is 0.712. The van der Waals surface area contributed by atoms with E-state index in [9.17, 15) is 13.2 Å². The average Bonchev–Trinajstić information content (AvgIpc) is 2.54. The minimum absolute atomic E-state index is 0.0507. The number of benzene rings is 2. The van der Waals surface area contributed by atoms with Gasteiger partial charge in [0, 0.05) is 0 Å². The second-order valence-electron chi connectivity index (χ2n) is 5.38. The molecule has 5 nitrogen and oxygen atoms in total. The first-order valence-corrected chi connectivity index (χ1v) is 8.14. The van der Waals surface area contributed by atoms with Gasteiger partial charge in [-0.1, -0.05) is 36.4 Å². The van der Waals surface area contributed by atoms with Crippen LogP contribution in [0, 0.1) is 0 Å². The van der Waals surface area contributed by atoms with Crippen molar-refractivity contribution in [1.82, 2.24) is 5.48 Å². The van der Waals surface area contributed by atoms with Crippen molar-refractivity contribution in [2.75, 3.05) is 0 Å². The molecule has 0 saturated carbocycles. The second-order valence-corrected chi connectivity index (χ2v) is 7.30. The summed E-state index contributed by atoms with van der Waals surface area (Å²) in [4.78, 5) is 12.1. The summed E-state index contributed by atoms with van der Waals surface area (Å²) >= 11 is 0. The van der Waals surface area contributed by atoms with Crippen molar-refractivity contribution in [3.63, 3.8) is 0 Å². The van der Waals surface area contributed by atoms with Gasteiger partial charge in [-0.2, -0.15) is 0 Å². The zero-order chi connectivity index (χ0) is 16.4. The lowest BCUT2D eigenvalue weighted by atomic mass is 9.84. The molecule has 2 aromatic rings. The molecule has 0 radical (unpaired) electrons. The minimum atomic E-state index is -3.76. The Morgan fingerprint density at radius 1 is 1.00 bits per heavy atom. The van der Waals surface area contributed by atoms with Crippen molar-refractivity contribution in [2.45, 2.75) is 29.1 Å². The van der Waals surface area contributed by atoms with Crippen molar-refractivity contribution in [1.29, 1.82) is 0 Å². The summed E-state index contributed by atoms with van der Waals surface area (Å²) in [5, 5.41) is 8.89. The summed E-state index contributed by atoms with van der Waals surface area (Å²) < 4.78 is 25.6. The first kappa shape index (κ1) is 16.2. The molecule has 0 aliphatic carbocycles. The highest BCUT2D eigenvalue weighted by atomic mass is 32.2. The van der Waals surface area contributed by atoms with Crippen LogP contribution < -0.4 is 5.48 Å². The van der Waals surface area contributed by atoms with Gasteiger partial charge in [0.2, 0.25) is 9.84 Å². The Morgan fingerprint density at radius 2 is 1.55 bits per heavy atom. The molecule has 0 aliphatic rings. The molecule has 0 bridgehead atoms. The van der Waals surface area contributed by atoms with E-state index in [2.05, 4.69) is 0 Å². The molecule has 2 rings (SSSR count). The molecule has 22 heavy (non-hydrogen) atoms. The van der Waals surface area contributed by atoms with E-state index < -0.39 is 21.2 Å². The molecular formula is C16H17NO4S. The van der Waals surface area contributed by atoms with Crippen LogP contribution in [0.5, 0.6) is 0 Å². The van der Waals surface area contributed by atoms with E-state index in [1.165, 1.54) is 18.2 Å². The lowest BCUT2D eigenvalue weighted by Crippen LogP contribution is -2.39. The monoisotopic (exact) mass is 319 g/mol. The van der Waals surface area contributed by atoms with Crippen LogP contribution in [0.1, 0.15) is 19.4 Å². The summed E-state index contributed by atoms with van der Waals surface area (Å²) in [5.74, 6) is -0.678. The molecule has 0 fully saturated rings. The summed E-state index contributed by atoms with van der Waals surface area (Å²) in [7, 11) is -3.76. The fourth-order valence-corrected chi connectivity index (χ4v) is 3.85. The fourth-order valence-electron chi connectivity index (χ4n) is 2.21. The molecule has 0 unspecified atom stereocenters. The number of sulfone groups is 1.